The molecule has 0 heterocycles. The molecule has 4 heteroatoms. The molecule has 0 aliphatic carbocycles. The van der Waals surface area contributed by atoms with Gasteiger partial charge in [-0.25, -0.2) is 14.2 Å². The van der Waals surface area contributed by atoms with Gasteiger partial charge in [-0.1, -0.05) is 23.8 Å². The van der Waals surface area contributed by atoms with Gasteiger partial charge < -0.3 is 0 Å². The average molecular weight is 262 g/mol. The van der Waals surface area contributed by atoms with E-state index in [1.807, 2.05) is 32.0 Å². The average Bonchev–Trinajstić information content (AvgIpc) is 2.31. The molecule has 0 radical (unpaired) electrons. The molecular formula is C15H16F2N2. The van der Waals surface area contributed by atoms with Gasteiger partial charge in [0.1, 0.15) is 11.6 Å². The van der Waals surface area contributed by atoms with Gasteiger partial charge in [-0.3, -0.25) is 5.84 Å². The monoisotopic (exact) mass is 262 g/mol. The summed E-state index contributed by atoms with van der Waals surface area (Å²) in [6, 6.07) is 8.85. The summed E-state index contributed by atoms with van der Waals surface area (Å²) in [5.74, 6) is 4.33. The number of nitrogens with one attached hydrogen (secondary N) is 1. The molecule has 0 bridgehead atoms. The van der Waals surface area contributed by atoms with Crippen LogP contribution in [0.1, 0.15) is 28.3 Å². The Bertz CT molecular complexity index is 576. The zero-order chi connectivity index (χ0) is 14.0. The minimum Gasteiger partial charge on any atom is -0.271 e. The first-order valence-corrected chi connectivity index (χ1v) is 6.00. The number of hydrazine groups is 1. The van der Waals surface area contributed by atoms with E-state index in [0.717, 1.165) is 22.8 Å². The van der Waals surface area contributed by atoms with E-state index in [2.05, 4.69) is 5.43 Å². The van der Waals surface area contributed by atoms with Gasteiger partial charge in [0.2, 0.25) is 0 Å². The maximum absolute atomic E-state index is 13.3. The van der Waals surface area contributed by atoms with Gasteiger partial charge in [-0.05, 0) is 42.7 Å². The summed E-state index contributed by atoms with van der Waals surface area (Å²) < 4.78 is 26.6. The second-order valence-electron chi connectivity index (χ2n) is 4.66. The third-order valence-electron chi connectivity index (χ3n) is 3.12. The van der Waals surface area contributed by atoms with Crippen molar-refractivity contribution in [2.45, 2.75) is 19.9 Å². The highest BCUT2D eigenvalue weighted by Crippen LogP contribution is 2.26. The van der Waals surface area contributed by atoms with E-state index in [4.69, 9.17) is 5.84 Å². The van der Waals surface area contributed by atoms with Crippen molar-refractivity contribution >= 4 is 0 Å². The van der Waals surface area contributed by atoms with E-state index in [1.165, 1.54) is 12.1 Å². The van der Waals surface area contributed by atoms with Crippen LogP contribution in [-0.4, -0.2) is 0 Å². The van der Waals surface area contributed by atoms with Crippen LogP contribution in [0.3, 0.4) is 0 Å². The molecule has 1 unspecified atom stereocenters. The number of hydrogen-bond donors (Lipinski definition) is 2. The van der Waals surface area contributed by atoms with Crippen LogP contribution in [0.4, 0.5) is 8.78 Å². The lowest BCUT2D eigenvalue weighted by atomic mass is 9.94. The lowest BCUT2D eigenvalue weighted by molar-refractivity contribution is 0.565. The van der Waals surface area contributed by atoms with Crippen molar-refractivity contribution in [3.05, 3.63) is 70.3 Å². The van der Waals surface area contributed by atoms with Crippen LogP contribution in [0.15, 0.2) is 36.4 Å². The number of rotatable bonds is 3. The summed E-state index contributed by atoms with van der Waals surface area (Å²) in [7, 11) is 0. The summed E-state index contributed by atoms with van der Waals surface area (Å²) in [6.45, 7) is 3.94. The van der Waals surface area contributed by atoms with E-state index in [0.29, 0.717) is 5.56 Å². The summed E-state index contributed by atoms with van der Waals surface area (Å²) in [4.78, 5) is 0. The normalized spacial score (nSPS) is 12.5. The molecule has 0 spiro atoms. The van der Waals surface area contributed by atoms with Crippen molar-refractivity contribution < 1.29 is 8.78 Å². The molecule has 0 aliphatic heterocycles. The fraction of sp³-hybridized carbons (Fsp3) is 0.200. The fourth-order valence-corrected chi connectivity index (χ4v) is 2.26. The maximum Gasteiger partial charge on any atom is 0.126 e. The Kier molecular flexibility index (Phi) is 3.93. The van der Waals surface area contributed by atoms with Gasteiger partial charge >= 0.3 is 0 Å². The topological polar surface area (TPSA) is 38.0 Å². The minimum absolute atomic E-state index is 0.439. The Hall–Kier alpha value is -1.78. The molecule has 2 aromatic carbocycles. The molecule has 0 saturated heterocycles. The predicted molar refractivity (Wildman–Crippen MR) is 71.4 cm³/mol. The number of nitrogens with two attached hydrogens (primary N) is 1. The van der Waals surface area contributed by atoms with Crippen LogP contribution >= 0.6 is 0 Å². The molecule has 0 aliphatic rings. The lowest BCUT2D eigenvalue weighted by Crippen LogP contribution is -2.29. The number of aryl methyl sites for hydroxylation is 2. The Labute approximate surface area is 111 Å². The second-order valence-corrected chi connectivity index (χ2v) is 4.66. The van der Waals surface area contributed by atoms with E-state index in [-0.39, 0.29) is 0 Å². The van der Waals surface area contributed by atoms with E-state index < -0.39 is 17.7 Å². The van der Waals surface area contributed by atoms with Gasteiger partial charge in [0, 0.05) is 6.07 Å². The molecule has 0 aromatic heterocycles. The molecule has 2 nitrogen and oxygen atoms in total. The summed E-state index contributed by atoms with van der Waals surface area (Å²) in [6.07, 6.45) is 0. The molecule has 0 amide bonds. The van der Waals surface area contributed by atoms with Crippen molar-refractivity contribution in [2.24, 2.45) is 5.84 Å². The highest BCUT2D eigenvalue weighted by Gasteiger charge is 2.16. The number of hydrogen-bond acceptors (Lipinski definition) is 2. The van der Waals surface area contributed by atoms with Crippen molar-refractivity contribution in [1.82, 2.24) is 5.43 Å². The zero-order valence-corrected chi connectivity index (χ0v) is 10.9. The zero-order valence-electron chi connectivity index (χ0n) is 10.9. The first-order chi connectivity index (χ1) is 9.01. The number of halogens is 2. The molecule has 3 N–H and O–H groups in total. The molecule has 100 valence electrons. The van der Waals surface area contributed by atoms with Crippen molar-refractivity contribution in [3.63, 3.8) is 0 Å². The molecular weight excluding hydrogens is 246 g/mol. The largest absolute Gasteiger partial charge is 0.271 e. The fourth-order valence-electron chi connectivity index (χ4n) is 2.26. The molecule has 19 heavy (non-hydrogen) atoms. The van der Waals surface area contributed by atoms with Gasteiger partial charge in [-0.2, -0.15) is 0 Å². The smallest absolute Gasteiger partial charge is 0.126 e. The van der Waals surface area contributed by atoms with Crippen molar-refractivity contribution in [3.8, 4) is 0 Å². The van der Waals surface area contributed by atoms with Crippen LogP contribution < -0.4 is 11.3 Å². The van der Waals surface area contributed by atoms with Crippen LogP contribution in [0.5, 0.6) is 0 Å². The lowest BCUT2D eigenvalue weighted by Gasteiger charge is -2.19. The Morgan fingerprint density at radius 1 is 1.00 bits per heavy atom. The predicted octanol–water partition coefficient (Wildman–Crippen LogP) is 3.13. The van der Waals surface area contributed by atoms with Gasteiger partial charge in [-0.15, -0.1) is 0 Å². The van der Waals surface area contributed by atoms with Crippen LogP contribution in [0, 0.1) is 25.5 Å². The molecule has 1 atom stereocenters. The van der Waals surface area contributed by atoms with Gasteiger partial charge in [0.05, 0.1) is 6.04 Å². The Morgan fingerprint density at radius 2 is 1.63 bits per heavy atom. The molecule has 2 rings (SSSR count). The highest BCUT2D eigenvalue weighted by molar-refractivity contribution is 5.39. The SMILES string of the molecule is Cc1ccc(C(NN)c2cc(F)cc(F)c2)c(C)c1. The van der Waals surface area contributed by atoms with E-state index in [9.17, 15) is 8.78 Å². The molecule has 0 fully saturated rings. The standard InChI is InChI=1S/C15H16F2N2/c1-9-3-4-14(10(2)5-9)15(19-18)11-6-12(16)8-13(17)7-11/h3-8,15,19H,18H2,1-2H3. The van der Waals surface area contributed by atoms with Gasteiger partial charge in [0.15, 0.2) is 0 Å². The highest BCUT2D eigenvalue weighted by atomic mass is 19.1. The summed E-state index contributed by atoms with van der Waals surface area (Å²) in [5, 5.41) is 0. The van der Waals surface area contributed by atoms with Gasteiger partial charge in [0.25, 0.3) is 0 Å². The first kappa shape index (κ1) is 13.6. The Morgan fingerprint density at radius 3 is 2.16 bits per heavy atom. The summed E-state index contributed by atoms with van der Waals surface area (Å²) in [5.41, 5.74) is 6.13. The van der Waals surface area contributed by atoms with Crippen molar-refractivity contribution in [1.29, 1.82) is 0 Å². The second kappa shape index (κ2) is 5.47. The Balaban J connectivity index is 2.49. The number of benzene rings is 2. The van der Waals surface area contributed by atoms with E-state index >= 15 is 0 Å². The summed E-state index contributed by atoms with van der Waals surface area (Å²) >= 11 is 0. The van der Waals surface area contributed by atoms with Crippen molar-refractivity contribution in [2.75, 3.05) is 0 Å². The third kappa shape index (κ3) is 2.97. The van der Waals surface area contributed by atoms with Crippen LogP contribution in [-0.2, 0) is 0 Å². The molecule has 2 aromatic rings. The van der Waals surface area contributed by atoms with E-state index in [1.54, 1.807) is 0 Å². The third-order valence-corrected chi connectivity index (χ3v) is 3.12. The maximum atomic E-state index is 13.3. The van der Waals surface area contributed by atoms with Crippen LogP contribution in [0.25, 0.3) is 0 Å². The quantitative estimate of drug-likeness (QED) is 0.658. The minimum atomic E-state index is -0.611. The van der Waals surface area contributed by atoms with Crippen LogP contribution in [0.2, 0.25) is 0 Å². The first-order valence-electron chi connectivity index (χ1n) is 6.00. The molecule has 0 saturated carbocycles.